The molecule has 0 aromatic carbocycles. The van der Waals surface area contributed by atoms with Gasteiger partial charge in [-0.05, 0) is 19.3 Å². The summed E-state index contributed by atoms with van der Waals surface area (Å²) in [5.74, 6) is 0.106. The predicted molar refractivity (Wildman–Crippen MR) is 84.9 cm³/mol. The first-order chi connectivity index (χ1) is 11.5. The van der Waals surface area contributed by atoms with E-state index in [1.165, 1.54) is 6.33 Å². The molecule has 0 bridgehead atoms. The average molecular weight is 357 g/mol. The van der Waals surface area contributed by atoms with Gasteiger partial charge in [-0.15, -0.1) is 0 Å². The molecule has 0 spiro atoms. The number of nitrogens with two attached hydrogens (primary N) is 1. The van der Waals surface area contributed by atoms with Crippen molar-refractivity contribution in [3.05, 3.63) is 12.7 Å². The standard InChI is InChI=1S/C13H20N5O5P/c1-2-22-24(20,21)23-5-8-3-10(9(8)4-19)18-7-17-11-12(14)15-6-16-13(11)18/h6-10,19H,2-5H2,1H3,(H,20,21)(H2,14,15,16)/t8-,9+,10-/m1/s1. The molecular weight excluding hydrogens is 337 g/mol. The highest BCUT2D eigenvalue weighted by atomic mass is 31.2. The van der Waals surface area contributed by atoms with Crippen molar-refractivity contribution in [2.45, 2.75) is 19.4 Å². The number of hydrogen-bond acceptors (Lipinski definition) is 8. The van der Waals surface area contributed by atoms with Gasteiger partial charge in [0.05, 0.1) is 19.5 Å². The van der Waals surface area contributed by atoms with Gasteiger partial charge in [0.25, 0.3) is 0 Å². The lowest BCUT2D eigenvalue weighted by molar-refractivity contribution is -0.00774. The summed E-state index contributed by atoms with van der Waals surface area (Å²) < 4.78 is 23.1. The van der Waals surface area contributed by atoms with Gasteiger partial charge in [0.15, 0.2) is 11.5 Å². The van der Waals surface area contributed by atoms with Crippen LogP contribution in [0.15, 0.2) is 12.7 Å². The van der Waals surface area contributed by atoms with Crippen LogP contribution in [0.1, 0.15) is 19.4 Å². The molecular formula is C13H20N5O5P. The molecule has 24 heavy (non-hydrogen) atoms. The predicted octanol–water partition coefficient (Wildman–Crippen LogP) is 0.732. The number of fused-ring (bicyclic) bond motifs is 1. The molecule has 2 aromatic rings. The number of rotatable bonds is 7. The lowest BCUT2D eigenvalue weighted by Gasteiger charge is -2.44. The summed E-state index contributed by atoms with van der Waals surface area (Å²) in [5, 5.41) is 9.68. The van der Waals surface area contributed by atoms with Gasteiger partial charge >= 0.3 is 7.82 Å². The Kier molecular flexibility index (Phi) is 4.84. The van der Waals surface area contributed by atoms with E-state index in [2.05, 4.69) is 19.5 Å². The van der Waals surface area contributed by atoms with Crippen molar-refractivity contribution >= 4 is 24.8 Å². The van der Waals surface area contributed by atoms with Crippen LogP contribution in [0.4, 0.5) is 5.82 Å². The van der Waals surface area contributed by atoms with Crippen LogP contribution in [0.25, 0.3) is 11.2 Å². The number of phosphoric acid groups is 1. The third kappa shape index (κ3) is 3.15. The summed E-state index contributed by atoms with van der Waals surface area (Å²) in [6, 6.07) is -0.0342. The maximum Gasteiger partial charge on any atom is 0.472 e. The van der Waals surface area contributed by atoms with Gasteiger partial charge in [-0.2, -0.15) is 0 Å². The summed E-state index contributed by atoms with van der Waals surface area (Å²) >= 11 is 0. The molecule has 1 fully saturated rings. The quantitative estimate of drug-likeness (QED) is 0.610. The lowest BCUT2D eigenvalue weighted by atomic mass is 9.70. The fourth-order valence-corrected chi connectivity index (χ4v) is 3.84. The van der Waals surface area contributed by atoms with Gasteiger partial charge in [0.1, 0.15) is 11.8 Å². The number of imidazole rings is 1. The number of aliphatic hydroxyl groups excluding tert-OH is 1. The summed E-state index contributed by atoms with van der Waals surface area (Å²) in [6.45, 7) is 1.66. The lowest BCUT2D eigenvalue weighted by Crippen LogP contribution is -2.42. The highest BCUT2D eigenvalue weighted by molar-refractivity contribution is 7.47. The Morgan fingerprint density at radius 3 is 2.92 bits per heavy atom. The Balaban J connectivity index is 1.71. The van der Waals surface area contributed by atoms with E-state index < -0.39 is 7.82 Å². The zero-order valence-corrected chi connectivity index (χ0v) is 14.0. The highest BCUT2D eigenvalue weighted by Crippen LogP contribution is 2.49. The van der Waals surface area contributed by atoms with E-state index in [4.69, 9.17) is 10.3 Å². The second-order valence-corrected chi connectivity index (χ2v) is 7.13. The number of aliphatic hydroxyl groups is 1. The second-order valence-electron chi connectivity index (χ2n) is 5.67. The fraction of sp³-hybridized carbons (Fsp3) is 0.615. The number of anilines is 1. The van der Waals surface area contributed by atoms with E-state index in [0.717, 1.165) is 0 Å². The van der Waals surface area contributed by atoms with Gasteiger partial charge in [-0.1, -0.05) is 0 Å². The summed E-state index contributed by atoms with van der Waals surface area (Å²) in [7, 11) is -4.03. The minimum Gasteiger partial charge on any atom is -0.396 e. The Labute approximate surface area is 138 Å². The van der Waals surface area contributed by atoms with E-state index in [0.29, 0.717) is 23.4 Å². The average Bonchev–Trinajstić information content (AvgIpc) is 2.92. The molecule has 0 saturated heterocycles. The third-order valence-corrected chi connectivity index (χ3v) is 5.40. The largest absolute Gasteiger partial charge is 0.472 e. The molecule has 10 nitrogen and oxygen atoms in total. The van der Waals surface area contributed by atoms with Gasteiger partial charge in [0, 0.05) is 18.6 Å². The molecule has 2 aromatic heterocycles. The van der Waals surface area contributed by atoms with Crippen molar-refractivity contribution in [3.8, 4) is 0 Å². The molecule has 1 aliphatic carbocycles. The monoisotopic (exact) mass is 357 g/mol. The van der Waals surface area contributed by atoms with Gasteiger partial charge < -0.3 is 20.3 Å². The van der Waals surface area contributed by atoms with Crippen LogP contribution in [0, 0.1) is 11.8 Å². The molecule has 11 heteroatoms. The molecule has 1 saturated carbocycles. The Morgan fingerprint density at radius 2 is 2.21 bits per heavy atom. The summed E-state index contributed by atoms with van der Waals surface area (Å²) in [6.07, 6.45) is 3.65. The molecule has 132 valence electrons. The molecule has 0 radical (unpaired) electrons. The van der Waals surface area contributed by atoms with E-state index in [-0.39, 0.29) is 37.7 Å². The van der Waals surface area contributed by atoms with Crippen LogP contribution in [-0.2, 0) is 13.6 Å². The minimum atomic E-state index is -4.03. The second kappa shape index (κ2) is 6.73. The van der Waals surface area contributed by atoms with Crippen molar-refractivity contribution in [1.29, 1.82) is 0 Å². The third-order valence-electron chi connectivity index (χ3n) is 4.34. The first kappa shape index (κ1) is 17.2. The maximum atomic E-state index is 11.6. The van der Waals surface area contributed by atoms with Crippen molar-refractivity contribution in [2.24, 2.45) is 11.8 Å². The molecule has 4 N–H and O–H groups in total. The maximum absolute atomic E-state index is 11.6. The topological polar surface area (TPSA) is 146 Å². The van der Waals surface area contributed by atoms with Gasteiger partial charge in [-0.3, -0.25) is 9.05 Å². The zero-order valence-electron chi connectivity index (χ0n) is 13.1. The van der Waals surface area contributed by atoms with Crippen LogP contribution in [0.3, 0.4) is 0 Å². The number of aromatic nitrogens is 4. The van der Waals surface area contributed by atoms with Crippen molar-refractivity contribution in [2.75, 3.05) is 25.6 Å². The number of hydrogen-bond donors (Lipinski definition) is 3. The smallest absolute Gasteiger partial charge is 0.396 e. The Morgan fingerprint density at radius 1 is 1.42 bits per heavy atom. The van der Waals surface area contributed by atoms with Crippen LogP contribution in [-0.4, -0.2) is 49.3 Å². The minimum absolute atomic E-state index is 0.0342. The Bertz CT molecular complexity index is 768. The van der Waals surface area contributed by atoms with Gasteiger partial charge in [0.2, 0.25) is 0 Å². The molecule has 1 aliphatic rings. The SMILES string of the molecule is CCOP(=O)(O)OC[C@H]1C[C@@H](n2cnc3c(N)ncnc32)[C@H]1CO. The number of nitrogens with zero attached hydrogens (tertiary/aromatic N) is 4. The van der Waals surface area contributed by atoms with Crippen molar-refractivity contribution in [3.63, 3.8) is 0 Å². The number of phosphoric ester groups is 1. The Hall–Kier alpha value is -1.58. The summed E-state index contributed by atoms with van der Waals surface area (Å²) in [4.78, 5) is 21.8. The first-order valence-corrected chi connectivity index (χ1v) is 9.12. The summed E-state index contributed by atoms with van der Waals surface area (Å²) in [5.41, 5.74) is 6.90. The van der Waals surface area contributed by atoms with Crippen LogP contribution >= 0.6 is 7.82 Å². The van der Waals surface area contributed by atoms with E-state index >= 15 is 0 Å². The van der Waals surface area contributed by atoms with E-state index in [1.807, 2.05) is 4.57 Å². The molecule has 2 heterocycles. The first-order valence-electron chi connectivity index (χ1n) is 7.62. The fourth-order valence-electron chi connectivity index (χ4n) is 3.06. The van der Waals surface area contributed by atoms with E-state index in [9.17, 15) is 14.6 Å². The molecule has 0 amide bonds. The molecule has 4 atom stereocenters. The van der Waals surface area contributed by atoms with Crippen molar-refractivity contribution in [1.82, 2.24) is 19.5 Å². The molecule has 3 rings (SSSR count). The normalized spacial score (nSPS) is 26.2. The van der Waals surface area contributed by atoms with Crippen LogP contribution < -0.4 is 5.73 Å². The van der Waals surface area contributed by atoms with Crippen LogP contribution in [0.5, 0.6) is 0 Å². The van der Waals surface area contributed by atoms with Crippen molar-refractivity contribution < 1.29 is 23.6 Å². The van der Waals surface area contributed by atoms with Gasteiger partial charge in [-0.25, -0.2) is 19.5 Å². The van der Waals surface area contributed by atoms with E-state index in [1.54, 1.807) is 13.3 Å². The highest BCUT2D eigenvalue weighted by Gasteiger charge is 2.43. The molecule has 0 aliphatic heterocycles. The molecule has 1 unspecified atom stereocenters. The zero-order chi connectivity index (χ0) is 17.3. The number of nitrogen functional groups attached to an aromatic ring is 1. The van der Waals surface area contributed by atoms with Crippen LogP contribution in [0.2, 0.25) is 0 Å².